The van der Waals surface area contributed by atoms with Crippen molar-refractivity contribution in [2.24, 2.45) is 34.5 Å². The highest BCUT2D eigenvalue weighted by molar-refractivity contribution is 5.54. The fraction of sp³-hybridized carbons (Fsp3) is 0.773. The van der Waals surface area contributed by atoms with Crippen molar-refractivity contribution >= 4 is 6.29 Å². The molecule has 6 atom stereocenters. The molecular weight excluding hydrogens is 312 g/mol. The molecule has 0 aromatic carbocycles. The fourth-order valence-electron chi connectivity index (χ4n) is 6.97. The summed E-state index contributed by atoms with van der Waals surface area (Å²) in [4.78, 5) is 11.4. The number of aliphatic hydroxyl groups is 2. The molecule has 0 heterocycles. The molecule has 138 valence electrons. The first-order valence-corrected chi connectivity index (χ1v) is 10.0. The molecule has 3 saturated carbocycles. The van der Waals surface area contributed by atoms with Gasteiger partial charge in [0.25, 0.3) is 0 Å². The Morgan fingerprint density at radius 3 is 2.56 bits per heavy atom. The van der Waals surface area contributed by atoms with Crippen molar-refractivity contribution in [3.63, 3.8) is 0 Å². The summed E-state index contributed by atoms with van der Waals surface area (Å²) in [6, 6.07) is 0. The number of rotatable bonds is 2. The molecule has 0 spiro atoms. The summed E-state index contributed by atoms with van der Waals surface area (Å²) < 4.78 is 0. The topological polar surface area (TPSA) is 57.5 Å². The highest BCUT2D eigenvalue weighted by Crippen LogP contribution is 2.66. The van der Waals surface area contributed by atoms with Gasteiger partial charge in [0.2, 0.25) is 0 Å². The third-order valence-corrected chi connectivity index (χ3v) is 8.53. The van der Waals surface area contributed by atoms with Crippen molar-refractivity contribution in [2.75, 3.05) is 0 Å². The van der Waals surface area contributed by atoms with Crippen LogP contribution in [0.5, 0.6) is 0 Å². The lowest BCUT2D eigenvalue weighted by atomic mass is 9.50. The van der Waals surface area contributed by atoms with Gasteiger partial charge in [0.05, 0.1) is 0 Å². The van der Waals surface area contributed by atoms with Crippen LogP contribution < -0.4 is 0 Å². The van der Waals surface area contributed by atoms with Crippen molar-refractivity contribution in [1.29, 1.82) is 0 Å². The van der Waals surface area contributed by atoms with Gasteiger partial charge >= 0.3 is 0 Å². The van der Waals surface area contributed by atoms with Gasteiger partial charge in [-0.3, -0.25) is 0 Å². The number of hydrogen-bond donors (Lipinski definition) is 2. The Morgan fingerprint density at radius 2 is 1.84 bits per heavy atom. The van der Waals surface area contributed by atoms with Crippen LogP contribution >= 0.6 is 0 Å². The quantitative estimate of drug-likeness (QED) is 0.588. The van der Waals surface area contributed by atoms with Crippen molar-refractivity contribution in [3.05, 3.63) is 23.3 Å². The van der Waals surface area contributed by atoms with E-state index >= 15 is 0 Å². The summed E-state index contributed by atoms with van der Waals surface area (Å²) >= 11 is 0. The van der Waals surface area contributed by atoms with Gasteiger partial charge in [0.15, 0.2) is 5.79 Å². The largest absolute Gasteiger partial charge is 0.365 e. The normalized spacial score (nSPS) is 46.2. The van der Waals surface area contributed by atoms with Crippen LogP contribution in [0.4, 0.5) is 0 Å². The Morgan fingerprint density at radius 1 is 1.08 bits per heavy atom. The minimum Gasteiger partial charge on any atom is -0.365 e. The van der Waals surface area contributed by atoms with Crippen molar-refractivity contribution in [1.82, 2.24) is 0 Å². The zero-order chi connectivity index (χ0) is 18.0. The molecule has 4 rings (SSSR count). The van der Waals surface area contributed by atoms with Crippen molar-refractivity contribution in [2.45, 2.75) is 71.5 Å². The lowest BCUT2D eigenvalue weighted by Crippen LogP contribution is -2.48. The maximum absolute atomic E-state index is 11.4. The second-order valence-corrected chi connectivity index (χ2v) is 9.76. The Hall–Kier alpha value is -0.930. The maximum atomic E-state index is 11.4. The Balaban J connectivity index is 1.69. The lowest BCUT2D eigenvalue weighted by molar-refractivity contribution is -0.183. The van der Waals surface area contributed by atoms with Crippen LogP contribution in [0.3, 0.4) is 0 Å². The molecule has 0 aromatic rings. The predicted octanol–water partition coefficient (Wildman–Crippen LogP) is 4.00. The van der Waals surface area contributed by atoms with Crippen LogP contribution in [0.2, 0.25) is 0 Å². The number of aldehydes is 1. The highest BCUT2D eigenvalue weighted by Gasteiger charge is 2.57. The molecule has 0 aliphatic heterocycles. The first-order chi connectivity index (χ1) is 11.7. The average molecular weight is 344 g/mol. The first-order valence-electron chi connectivity index (χ1n) is 10.0. The van der Waals surface area contributed by atoms with Gasteiger partial charge in [0, 0.05) is 18.8 Å². The van der Waals surface area contributed by atoms with E-state index in [0.717, 1.165) is 19.1 Å². The van der Waals surface area contributed by atoms with Crippen LogP contribution in [0, 0.1) is 34.5 Å². The molecule has 3 heteroatoms. The molecule has 4 aliphatic rings. The van der Waals surface area contributed by atoms with Gasteiger partial charge in [-0.15, -0.1) is 0 Å². The number of carbonyl (C=O) groups is 1. The molecule has 0 saturated heterocycles. The summed E-state index contributed by atoms with van der Waals surface area (Å²) in [5, 5.41) is 20.2. The smallest absolute Gasteiger partial charge is 0.166 e. The van der Waals surface area contributed by atoms with E-state index in [1.54, 1.807) is 5.57 Å². The summed E-state index contributed by atoms with van der Waals surface area (Å²) in [6.45, 7) is 6.85. The zero-order valence-electron chi connectivity index (χ0n) is 15.8. The van der Waals surface area contributed by atoms with E-state index in [9.17, 15) is 15.0 Å². The number of fused-ring (bicyclic) bond motifs is 5. The molecule has 0 bridgehead atoms. The van der Waals surface area contributed by atoms with E-state index in [2.05, 4.69) is 32.9 Å². The third-order valence-electron chi connectivity index (χ3n) is 8.53. The maximum Gasteiger partial charge on any atom is 0.166 e. The Kier molecular flexibility index (Phi) is 3.87. The van der Waals surface area contributed by atoms with E-state index < -0.39 is 5.79 Å². The van der Waals surface area contributed by atoms with Crippen LogP contribution in [0.1, 0.15) is 65.7 Å². The molecule has 4 aliphatic carbocycles. The molecule has 2 N–H and O–H groups in total. The molecule has 3 nitrogen and oxygen atoms in total. The minimum absolute atomic E-state index is 0.0781. The Labute approximate surface area is 151 Å². The molecule has 25 heavy (non-hydrogen) atoms. The Bertz CT molecular complexity index is 646. The molecule has 0 amide bonds. The molecule has 3 fully saturated rings. The highest BCUT2D eigenvalue weighted by atomic mass is 16.5. The van der Waals surface area contributed by atoms with Crippen molar-refractivity contribution < 1.29 is 15.0 Å². The van der Waals surface area contributed by atoms with E-state index in [1.807, 2.05) is 0 Å². The number of allylic oxidation sites excluding steroid dienone is 3. The first kappa shape index (κ1) is 17.5. The van der Waals surface area contributed by atoms with Gasteiger partial charge in [-0.1, -0.05) is 44.1 Å². The van der Waals surface area contributed by atoms with Crippen LogP contribution in [-0.2, 0) is 4.79 Å². The standard InChI is InChI=1S/C22H32O3/c1-14(13-23)17-6-7-18-16-5-4-15-12-22(24,25)11-10-20(15,2)19(16)8-9-21(17,18)3/h4-5,13-14,17-19,24-25H,6-12H2,1-3H3/t14?,17-,18+,19+,20+,21-/m1/s1. The predicted molar refractivity (Wildman–Crippen MR) is 97.6 cm³/mol. The summed E-state index contributed by atoms with van der Waals surface area (Å²) in [5.41, 5.74) is 3.13. The second-order valence-electron chi connectivity index (χ2n) is 9.76. The summed E-state index contributed by atoms with van der Waals surface area (Å²) in [5.74, 6) is 0.244. The van der Waals surface area contributed by atoms with Gasteiger partial charge in [-0.05, 0) is 60.7 Å². The molecular formula is C22H32O3. The molecule has 0 aromatic heterocycles. The van der Waals surface area contributed by atoms with Crippen LogP contribution in [0.25, 0.3) is 0 Å². The lowest BCUT2D eigenvalue weighted by Gasteiger charge is -2.55. The van der Waals surface area contributed by atoms with E-state index in [-0.39, 0.29) is 16.7 Å². The zero-order valence-corrected chi connectivity index (χ0v) is 15.8. The number of carbonyl (C=O) groups excluding carboxylic acids is 1. The second kappa shape index (κ2) is 5.53. The monoisotopic (exact) mass is 344 g/mol. The van der Waals surface area contributed by atoms with Gasteiger partial charge in [-0.25, -0.2) is 0 Å². The van der Waals surface area contributed by atoms with Crippen LogP contribution in [-0.4, -0.2) is 22.3 Å². The summed E-state index contributed by atoms with van der Waals surface area (Å²) in [6.07, 6.45) is 12.1. The summed E-state index contributed by atoms with van der Waals surface area (Å²) in [7, 11) is 0. The van der Waals surface area contributed by atoms with E-state index in [4.69, 9.17) is 0 Å². The minimum atomic E-state index is -1.53. The molecule has 1 unspecified atom stereocenters. The number of hydrogen-bond acceptors (Lipinski definition) is 3. The average Bonchev–Trinajstić information content (AvgIpc) is 2.92. The fourth-order valence-corrected chi connectivity index (χ4v) is 6.97. The molecule has 0 radical (unpaired) electrons. The van der Waals surface area contributed by atoms with Crippen molar-refractivity contribution in [3.8, 4) is 0 Å². The van der Waals surface area contributed by atoms with Gasteiger partial charge < -0.3 is 15.0 Å². The van der Waals surface area contributed by atoms with Gasteiger partial charge in [-0.2, -0.15) is 0 Å². The van der Waals surface area contributed by atoms with Crippen LogP contribution in [0.15, 0.2) is 23.3 Å². The van der Waals surface area contributed by atoms with Gasteiger partial charge in [0.1, 0.15) is 6.29 Å². The van der Waals surface area contributed by atoms with E-state index in [1.165, 1.54) is 24.8 Å². The SMILES string of the molecule is CC(C=O)[C@H]1CC[C@H]2C3=CC=C4CC(O)(O)CC[C@]4(C)[C@H]3CC[C@]12C. The van der Waals surface area contributed by atoms with E-state index in [0.29, 0.717) is 30.6 Å². The third kappa shape index (κ3) is 2.42.